The molecule has 27 heavy (non-hydrogen) atoms. The van der Waals surface area contributed by atoms with Gasteiger partial charge >= 0.3 is 0 Å². The van der Waals surface area contributed by atoms with Gasteiger partial charge in [0, 0.05) is 36.4 Å². The van der Waals surface area contributed by atoms with Gasteiger partial charge in [-0.1, -0.05) is 31.0 Å². The molecule has 0 bridgehead atoms. The summed E-state index contributed by atoms with van der Waals surface area (Å²) in [4.78, 5) is 29.7. The summed E-state index contributed by atoms with van der Waals surface area (Å²) in [5, 5.41) is 0. The summed E-state index contributed by atoms with van der Waals surface area (Å²) in [7, 11) is 0. The minimum absolute atomic E-state index is 0.0326. The number of carbonyl (C=O) groups excluding carboxylic acids is 2. The highest BCUT2D eigenvalue weighted by Crippen LogP contribution is 2.20. The molecule has 2 aromatic carbocycles. The molecule has 0 radical (unpaired) electrons. The molecule has 0 unspecified atom stereocenters. The van der Waals surface area contributed by atoms with Crippen LogP contribution in [0.2, 0.25) is 0 Å². The lowest BCUT2D eigenvalue weighted by atomic mass is 10.1. The first-order chi connectivity index (χ1) is 13.1. The largest absolute Gasteiger partial charge is 0.339 e. The smallest absolute Gasteiger partial charge is 0.258 e. The van der Waals surface area contributed by atoms with Gasteiger partial charge in [-0.05, 0) is 62.6 Å². The van der Waals surface area contributed by atoms with Crippen LogP contribution in [0.25, 0.3) is 0 Å². The molecular formula is C23H28N2O2. The van der Waals surface area contributed by atoms with Crippen molar-refractivity contribution >= 4 is 17.5 Å². The average Bonchev–Trinajstić information content (AvgIpc) is 2.97. The Morgan fingerprint density at radius 2 is 1.59 bits per heavy atom. The zero-order chi connectivity index (χ0) is 19.2. The third-order valence-corrected chi connectivity index (χ3v) is 5.12. The molecule has 142 valence electrons. The van der Waals surface area contributed by atoms with Crippen LogP contribution in [-0.2, 0) is 0 Å². The van der Waals surface area contributed by atoms with Gasteiger partial charge in [-0.2, -0.15) is 0 Å². The molecule has 1 aliphatic rings. The van der Waals surface area contributed by atoms with Crippen LogP contribution in [0.5, 0.6) is 0 Å². The summed E-state index contributed by atoms with van der Waals surface area (Å²) in [6.07, 6.45) is 4.48. The number of nitrogens with zero attached hydrogens (tertiary/aromatic N) is 2. The predicted octanol–water partition coefficient (Wildman–Crippen LogP) is 4.68. The van der Waals surface area contributed by atoms with Crippen LogP contribution >= 0.6 is 0 Å². The Labute approximate surface area is 161 Å². The topological polar surface area (TPSA) is 40.6 Å². The van der Waals surface area contributed by atoms with E-state index in [1.165, 1.54) is 12.8 Å². The molecule has 0 N–H and O–H groups in total. The molecule has 0 saturated carbocycles. The summed E-state index contributed by atoms with van der Waals surface area (Å²) < 4.78 is 0. The van der Waals surface area contributed by atoms with Crippen molar-refractivity contribution in [3.63, 3.8) is 0 Å². The van der Waals surface area contributed by atoms with Crippen molar-refractivity contribution in [3.8, 4) is 0 Å². The van der Waals surface area contributed by atoms with Crippen molar-refractivity contribution in [3.05, 3.63) is 65.2 Å². The maximum absolute atomic E-state index is 13.1. The van der Waals surface area contributed by atoms with Crippen LogP contribution in [0, 0.1) is 6.92 Å². The number of rotatable bonds is 4. The van der Waals surface area contributed by atoms with Crippen LogP contribution in [0.1, 0.15) is 58.9 Å². The quantitative estimate of drug-likeness (QED) is 0.790. The van der Waals surface area contributed by atoms with Crippen LogP contribution in [0.15, 0.2) is 48.5 Å². The maximum Gasteiger partial charge on any atom is 0.258 e. The van der Waals surface area contributed by atoms with Gasteiger partial charge in [-0.25, -0.2) is 0 Å². The van der Waals surface area contributed by atoms with E-state index in [4.69, 9.17) is 0 Å². The first-order valence-electron chi connectivity index (χ1n) is 9.88. The average molecular weight is 364 g/mol. The monoisotopic (exact) mass is 364 g/mol. The number of hydrogen-bond donors (Lipinski definition) is 0. The molecule has 2 amide bonds. The highest BCUT2D eigenvalue weighted by molar-refractivity contribution is 6.07. The number of hydrogen-bond acceptors (Lipinski definition) is 2. The third kappa shape index (κ3) is 4.57. The fourth-order valence-electron chi connectivity index (χ4n) is 3.64. The Bertz CT molecular complexity index is 808. The zero-order valence-electron chi connectivity index (χ0n) is 16.3. The minimum atomic E-state index is -0.0754. The molecule has 3 rings (SSSR count). The lowest BCUT2D eigenvalue weighted by Gasteiger charge is -2.23. The summed E-state index contributed by atoms with van der Waals surface area (Å²) in [5.74, 6) is -0.0428. The van der Waals surface area contributed by atoms with Crippen molar-refractivity contribution in [2.45, 2.75) is 39.5 Å². The van der Waals surface area contributed by atoms with E-state index in [-0.39, 0.29) is 11.8 Å². The van der Waals surface area contributed by atoms with E-state index >= 15 is 0 Å². The third-order valence-electron chi connectivity index (χ3n) is 5.12. The molecule has 4 nitrogen and oxygen atoms in total. The molecule has 0 aromatic heterocycles. The summed E-state index contributed by atoms with van der Waals surface area (Å²) in [6.45, 7) is 6.17. The number of benzene rings is 2. The molecule has 0 spiro atoms. The van der Waals surface area contributed by atoms with Crippen LogP contribution in [-0.4, -0.2) is 36.3 Å². The van der Waals surface area contributed by atoms with Crippen molar-refractivity contribution in [2.24, 2.45) is 0 Å². The highest BCUT2D eigenvalue weighted by Gasteiger charge is 2.20. The number of amides is 2. The Hall–Kier alpha value is -2.62. The van der Waals surface area contributed by atoms with Gasteiger partial charge in [0.15, 0.2) is 0 Å². The molecule has 1 heterocycles. The number of carbonyl (C=O) groups is 2. The second-order valence-corrected chi connectivity index (χ2v) is 7.18. The van der Waals surface area contributed by atoms with Gasteiger partial charge in [0.05, 0.1) is 0 Å². The van der Waals surface area contributed by atoms with Crippen molar-refractivity contribution in [2.75, 3.05) is 24.5 Å². The van der Waals surface area contributed by atoms with Gasteiger partial charge in [-0.15, -0.1) is 0 Å². The van der Waals surface area contributed by atoms with Crippen LogP contribution in [0.4, 0.5) is 5.69 Å². The van der Waals surface area contributed by atoms with Gasteiger partial charge in [-0.3, -0.25) is 9.59 Å². The van der Waals surface area contributed by atoms with Gasteiger partial charge in [0.25, 0.3) is 11.8 Å². The van der Waals surface area contributed by atoms with Gasteiger partial charge in [0.1, 0.15) is 0 Å². The first-order valence-corrected chi connectivity index (χ1v) is 9.88. The second kappa shape index (κ2) is 8.85. The Morgan fingerprint density at radius 1 is 0.926 bits per heavy atom. The maximum atomic E-state index is 13.1. The van der Waals surface area contributed by atoms with Gasteiger partial charge < -0.3 is 9.80 Å². The number of anilines is 1. The highest BCUT2D eigenvalue weighted by atomic mass is 16.2. The Balaban J connectivity index is 1.83. The zero-order valence-corrected chi connectivity index (χ0v) is 16.3. The summed E-state index contributed by atoms with van der Waals surface area (Å²) in [5.41, 5.74) is 3.15. The standard InChI is InChI=1S/C23H28N2O2/c1-3-25(21-13-8-10-18(2)16-21)23(27)20-12-9-11-19(17-20)22(26)24-14-6-4-5-7-15-24/h8-13,16-17H,3-7,14-15H2,1-2H3. The van der Waals surface area contributed by atoms with Crippen molar-refractivity contribution in [1.29, 1.82) is 0 Å². The SMILES string of the molecule is CCN(C(=O)c1cccc(C(=O)N2CCCCCC2)c1)c1cccc(C)c1. The number of likely N-dealkylation sites (tertiary alicyclic amines) is 1. The van der Waals surface area contributed by atoms with E-state index in [2.05, 4.69) is 0 Å². The lowest BCUT2D eigenvalue weighted by molar-refractivity contribution is 0.0761. The Kier molecular flexibility index (Phi) is 6.28. The molecule has 2 aromatic rings. The lowest BCUT2D eigenvalue weighted by Crippen LogP contribution is -2.33. The summed E-state index contributed by atoms with van der Waals surface area (Å²) >= 11 is 0. The Morgan fingerprint density at radius 3 is 2.26 bits per heavy atom. The normalized spacial score (nSPS) is 14.5. The molecule has 4 heteroatoms. The van der Waals surface area contributed by atoms with Crippen molar-refractivity contribution in [1.82, 2.24) is 4.90 Å². The minimum Gasteiger partial charge on any atom is -0.339 e. The van der Waals surface area contributed by atoms with Crippen LogP contribution < -0.4 is 4.90 Å². The molecule has 0 atom stereocenters. The van der Waals surface area contributed by atoms with Gasteiger partial charge in [0.2, 0.25) is 0 Å². The van der Waals surface area contributed by atoms with Crippen LogP contribution in [0.3, 0.4) is 0 Å². The molecule has 1 saturated heterocycles. The summed E-state index contributed by atoms with van der Waals surface area (Å²) in [6, 6.07) is 15.1. The van der Waals surface area contributed by atoms with Crippen molar-refractivity contribution < 1.29 is 9.59 Å². The van der Waals surface area contributed by atoms with E-state index in [1.54, 1.807) is 17.0 Å². The molecule has 1 aliphatic heterocycles. The molecular weight excluding hydrogens is 336 g/mol. The predicted molar refractivity (Wildman–Crippen MR) is 109 cm³/mol. The number of aryl methyl sites for hydroxylation is 1. The molecule has 0 aliphatic carbocycles. The second-order valence-electron chi connectivity index (χ2n) is 7.18. The van der Waals surface area contributed by atoms with E-state index in [1.807, 2.05) is 55.1 Å². The first kappa shape index (κ1) is 19.2. The molecule has 1 fully saturated rings. The van der Waals surface area contributed by atoms with E-state index in [9.17, 15) is 9.59 Å². The fourth-order valence-corrected chi connectivity index (χ4v) is 3.64. The van der Waals surface area contributed by atoms with E-state index < -0.39 is 0 Å². The fraction of sp³-hybridized carbons (Fsp3) is 0.391. The van der Waals surface area contributed by atoms with E-state index in [0.29, 0.717) is 17.7 Å². The van der Waals surface area contributed by atoms with E-state index in [0.717, 1.165) is 37.2 Å².